The Morgan fingerprint density at radius 3 is 2.62 bits per heavy atom. The third kappa shape index (κ3) is 1.61. The lowest BCUT2D eigenvalue weighted by Crippen LogP contribution is -2.56. The Labute approximate surface area is 147 Å². The van der Waals surface area contributed by atoms with Crippen LogP contribution in [-0.4, -0.2) is 19.5 Å². The molecule has 0 amide bonds. The van der Waals surface area contributed by atoms with Crippen molar-refractivity contribution < 1.29 is 9.53 Å². The number of hydrogen-bond acceptors (Lipinski definition) is 2. The van der Waals surface area contributed by atoms with E-state index in [9.17, 15) is 4.79 Å². The zero-order valence-electron chi connectivity index (χ0n) is 15.7. The first-order chi connectivity index (χ1) is 11.5. The van der Waals surface area contributed by atoms with E-state index in [2.05, 4.69) is 13.8 Å². The molecule has 0 aromatic carbocycles. The number of aldehydes is 1. The van der Waals surface area contributed by atoms with Crippen molar-refractivity contribution in [3.05, 3.63) is 0 Å². The van der Waals surface area contributed by atoms with Crippen molar-refractivity contribution in [2.75, 3.05) is 7.11 Å². The Balaban J connectivity index is 1.50. The van der Waals surface area contributed by atoms with E-state index in [1.54, 1.807) is 0 Å². The monoisotopic (exact) mass is 330 g/mol. The van der Waals surface area contributed by atoms with Crippen LogP contribution in [0.4, 0.5) is 0 Å². The predicted molar refractivity (Wildman–Crippen MR) is 94.5 cm³/mol. The molecule has 5 saturated carbocycles. The summed E-state index contributed by atoms with van der Waals surface area (Å²) in [4.78, 5) is 11.2. The molecule has 0 bridgehead atoms. The number of carbonyl (C=O) groups is 1. The van der Waals surface area contributed by atoms with Gasteiger partial charge in [0.1, 0.15) is 6.29 Å². The molecular weight excluding hydrogens is 296 g/mol. The Hall–Kier alpha value is -0.370. The van der Waals surface area contributed by atoms with E-state index in [1.165, 1.54) is 57.7 Å². The number of methoxy groups -OCH3 is 1. The van der Waals surface area contributed by atoms with Gasteiger partial charge in [0.15, 0.2) is 0 Å². The molecule has 134 valence electrons. The molecule has 0 aromatic heterocycles. The fourth-order valence-corrected chi connectivity index (χ4v) is 9.19. The molecule has 5 aliphatic rings. The number of ether oxygens (including phenoxy) is 1. The highest BCUT2D eigenvalue weighted by Crippen LogP contribution is 2.82. The summed E-state index contributed by atoms with van der Waals surface area (Å²) in [6.45, 7) is 5.17. The minimum atomic E-state index is 0.419. The maximum atomic E-state index is 11.2. The van der Waals surface area contributed by atoms with Gasteiger partial charge in [0, 0.05) is 18.9 Å². The predicted octanol–water partition coefficient (Wildman–Crippen LogP) is 4.86. The highest BCUT2D eigenvalue weighted by molar-refractivity contribution is 5.50. The van der Waals surface area contributed by atoms with Gasteiger partial charge in [-0.05, 0) is 91.8 Å². The molecule has 0 aromatic rings. The van der Waals surface area contributed by atoms with Gasteiger partial charge in [0.2, 0.25) is 0 Å². The van der Waals surface area contributed by atoms with Crippen LogP contribution in [-0.2, 0) is 9.53 Å². The molecule has 2 heteroatoms. The molecule has 0 saturated heterocycles. The van der Waals surface area contributed by atoms with Gasteiger partial charge >= 0.3 is 0 Å². The minimum absolute atomic E-state index is 0.419. The van der Waals surface area contributed by atoms with Gasteiger partial charge in [-0.3, -0.25) is 0 Å². The van der Waals surface area contributed by atoms with Gasteiger partial charge in [0.05, 0.1) is 6.10 Å². The topological polar surface area (TPSA) is 26.3 Å². The molecule has 0 heterocycles. The quantitative estimate of drug-likeness (QED) is 0.691. The molecule has 2 nitrogen and oxygen atoms in total. The van der Waals surface area contributed by atoms with Crippen molar-refractivity contribution in [3.8, 4) is 0 Å². The molecule has 9 atom stereocenters. The average molecular weight is 331 g/mol. The van der Waals surface area contributed by atoms with E-state index < -0.39 is 0 Å². The molecule has 0 aliphatic heterocycles. The van der Waals surface area contributed by atoms with Crippen LogP contribution in [0.2, 0.25) is 0 Å². The zero-order chi connectivity index (χ0) is 16.7. The van der Waals surface area contributed by atoms with Crippen LogP contribution < -0.4 is 0 Å². The first kappa shape index (κ1) is 15.9. The van der Waals surface area contributed by atoms with E-state index in [1.807, 2.05) is 7.11 Å². The van der Waals surface area contributed by atoms with Crippen molar-refractivity contribution in [1.82, 2.24) is 0 Å². The van der Waals surface area contributed by atoms with Gasteiger partial charge < -0.3 is 9.53 Å². The lowest BCUT2D eigenvalue weighted by Gasteiger charge is -2.60. The molecule has 0 radical (unpaired) electrons. The van der Waals surface area contributed by atoms with Gasteiger partial charge in [-0.1, -0.05) is 13.8 Å². The summed E-state index contributed by atoms with van der Waals surface area (Å²) in [5.41, 5.74) is 1.49. The van der Waals surface area contributed by atoms with Crippen molar-refractivity contribution in [2.24, 2.45) is 45.8 Å². The summed E-state index contributed by atoms with van der Waals surface area (Å²) in [7, 11) is 1.97. The number of hydrogen-bond donors (Lipinski definition) is 0. The summed E-state index contributed by atoms with van der Waals surface area (Å²) < 4.78 is 6.16. The Bertz CT molecular complexity index is 558. The molecule has 8 unspecified atom stereocenters. The van der Waals surface area contributed by atoms with Crippen LogP contribution >= 0.6 is 0 Å². The van der Waals surface area contributed by atoms with E-state index in [4.69, 9.17) is 4.74 Å². The minimum Gasteiger partial charge on any atom is -0.381 e. The van der Waals surface area contributed by atoms with Gasteiger partial charge in [-0.15, -0.1) is 0 Å². The Morgan fingerprint density at radius 1 is 1.08 bits per heavy atom. The van der Waals surface area contributed by atoms with Gasteiger partial charge in [-0.2, -0.15) is 0 Å². The van der Waals surface area contributed by atoms with E-state index in [0.29, 0.717) is 28.3 Å². The van der Waals surface area contributed by atoms with Crippen molar-refractivity contribution >= 4 is 6.29 Å². The van der Waals surface area contributed by atoms with Gasteiger partial charge in [-0.25, -0.2) is 0 Å². The summed E-state index contributed by atoms with van der Waals surface area (Å²) >= 11 is 0. The highest BCUT2D eigenvalue weighted by Gasteiger charge is 2.77. The van der Waals surface area contributed by atoms with Crippen LogP contribution in [0.1, 0.15) is 71.6 Å². The van der Waals surface area contributed by atoms with Gasteiger partial charge in [0.25, 0.3) is 0 Å². The third-order valence-corrected chi connectivity index (χ3v) is 10.4. The van der Waals surface area contributed by atoms with E-state index in [0.717, 1.165) is 30.1 Å². The standard InChI is InChI=1S/C22H34O2/c1-20-9-7-18-16(17(20)5-4-14(20)8-11-23)12-19(24-3)22-13-15(22)6-10-21(18,22)2/h11,14-19H,4-10,12-13H2,1-3H3/t14?,15-,16?,17?,18?,19?,20?,21?,22?/m1/s1. The lowest BCUT2D eigenvalue weighted by atomic mass is 9.45. The summed E-state index contributed by atoms with van der Waals surface area (Å²) in [5.74, 6) is 4.21. The second-order valence-electron chi connectivity index (χ2n) is 10.5. The lowest BCUT2D eigenvalue weighted by molar-refractivity contribution is -0.159. The van der Waals surface area contributed by atoms with Crippen LogP contribution in [0.25, 0.3) is 0 Å². The molecule has 24 heavy (non-hydrogen) atoms. The van der Waals surface area contributed by atoms with Crippen molar-refractivity contribution in [2.45, 2.75) is 77.7 Å². The average Bonchev–Trinajstić information content (AvgIpc) is 3.10. The van der Waals surface area contributed by atoms with Crippen LogP contribution in [0.5, 0.6) is 0 Å². The first-order valence-electron chi connectivity index (χ1n) is 10.5. The summed E-state index contributed by atoms with van der Waals surface area (Å²) in [6.07, 6.45) is 13.6. The highest BCUT2D eigenvalue weighted by atomic mass is 16.5. The van der Waals surface area contributed by atoms with Crippen LogP contribution in [0.3, 0.4) is 0 Å². The molecule has 5 fully saturated rings. The van der Waals surface area contributed by atoms with Crippen LogP contribution in [0.15, 0.2) is 0 Å². The molecule has 5 aliphatic carbocycles. The summed E-state index contributed by atoms with van der Waals surface area (Å²) in [6, 6.07) is 0. The molecule has 5 rings (SSSR count). The largest absolute Gasteiger partial charge is 0.381 e. The maximum Gasteiger partial charge on any atom is 0.120 e. The fourth-order valence-electron chi connectivity index (χ4n) is 9.19. The Morgan fingerprint density at radius 2 is 1.92 bits per heavy atom. The number of fused-ring (bicyclic) bond motifs is 4. The second kappa shape index (κ2) is 4.87. The molecule has 0 N–H and O–H groups in total. The molecule has 1 spiro atoms. The molecular formula is C22H34O2. The summed E-state index contributed by atoms with van der Waals surface area (Å²) in [5, 5.41) is 0. The van der Waals surface area contributed by atoms with Crippen molar-refractivity contribution in [3.63, 3.8) is 0 Å². The number of rotatable bonds is 3. The van der Waals surface area contributed by atoms with E-state index in [-0.39, 0.29) is 0 Å². The fraction of sp³-hybridized carbons (Fsp3) is 0.955. The van der Waals surface area contributed by atoms with Crippen LogP contribution in [0, 0.1) is 45.8 Å². The smallest absolute Gasteiger partial charge is 0.120 e. The zero-order valence-corrected chi connectivity index (χ0v) is 15.7. The Kier molecular flexibility index (Phi) is 3.22. The maximum absolute atomic E-state index is 11.2. The normalized spacial score (nSPS) is 60.8. The third-order valence-electron chi connectivity index (χ3n) is 10.4. The second-order valence-corrected chi connectivity index (χ2v) is 10.5. The number of carbonyl (C=O) groups excluding carboxylic acids is 1. The first-order valence-corrected chi connectivity index (χ1v) is 10.5. The SMILES string of the molecule is COC1CC2C3CCC(CC=O)C3(C)CCC2C2(C)CC[C@@H]3CC132. The van der Waals surface area contributed by atoms with Crippen molar-refractivity contribution in [1.29, 1.82) is 0 Å². The van der Waals surface area contributed by atoms with E-state index >= 15 is 0 Å².